The summed E-state index contributed by atoms with van der Waals surface area (Å²) in [5.74, 6) is -0.900. The molecule has 0 aliphatic rings. The monoisotopic (exact) mass is 450 g/mol. The van der Waals surface area contributed by atoms with Crippen LogP contribution in [-0.4, -0.2) is 25.2 Å². The molecule has 0 unspecified atom stereocenters. The molecule has 27 heavy (non-hydrogen) atoms. The average molecular weight is 452 g/mol. The molecule has 0 bridgehead atoms. The van der Waals surface area contributed by atoms with E-state index in [1.54, 1.807) is 48.5 Å². The normalized spacial score (nSPS) is 9.26. The number of benzene rings is 2. The molecule has 0 saturated carbocycles. The van der Waals surface area contributed by atoms with Crippen molar-refractivity contribution in [2.24, 2.45) is 0 Å². The maximum Gasteiger partial charge on any atom is 0.373 e. The molecule has 6 nitrogen and oxygen atoms in total. The first-order valence-electron chi connectivity index (χ1n) is 8.46. The van der Waals surface area contributed by atoms with Crippen LogP contribution in [0.25, 0.3) is 0 Å². The van der Waals surface area contributed by atoms with Crippen LogP contribution in [0.5, 0.6) is 0 Å². The first-order chi connectivity index (χ1) is 12.7. The summed E-state index contributed by atoms with van der Waals surface area (Å²) < 4.78 is 0. The van der Waals surface area contributed by atoms with Crippen molar-refractivity contribution in [2.75, 3.05) is 13.2 Å². The molecule has 0 saturated heterocycles. The van der Waals surface area contributed by atoms with E-state index in [0.29, 0.717) is 24.3 Å². The zero-order chi connectivity index (χ0) is 19.0. The van der Waals surface area contributed by atoms with Crippen LogP contribution in [-0.2, 0) is 45.8 Å². The van der Waals surface area contributed by atoms with E-state index in [-0.39, 0.29) is 26.2 Å². The first kappa shape index (κ1) is 25.2. The van der Waals surface area contributed by atoms with E-state index >= 15 is 0 Å². The van der Waals surface area contributed by atoms with Crippen LogP contribution >= 0.6 is 0 Å². The van der Waals surface area contributed by atoms with E-state index in [9.17, 15) is 9.59 Å². The van der Waals surface area contributed by atoms with Gasteiger partial charge in [0.1, 0.15) is 0 Å². The van der Waals surface area contributed by atoms with Crippen LogP contribution in [0.2, 0.25) is 0 Å². The third-order valence-corrected chi connectivity index (χ3v) is 2.86. The Morgan fingerprint density at radius 2 is 1.00 bits per heavy atom. The Labute approximate surface area is 178 Å². The van der Waals surface area contributed by atoms with Gasteiger partial charge in [-0.1, -0.05) is 50.2 Å². The third kappa shape index (κ3) is 11.5. The molecule has 7 heteroatoms. The van der Waals surface area contributed by atoms with Gasteiger partial charge in [-0.2, -0.15) is 9.78 Å². The van der Waals surface area contributed by atoms with Crippen molar-refractivity contribution in [1.29, 1.82) is 0 Å². The van der Waals surface area contributed by atoms with Crippen LogP contribution in [0.1, 0.15) is 47.4 Å². The van der Waals surface area contributed by atoms with E-state index in [1.807, 2.05) is 26.0 Å². The smallest absolute Gasteiger partial charge is 0.293 e. The number of rotatable bonds is 8. The largest absolute Gasteiger partial charge is 0.373 e. The molecule has 0 N–H and O–H groups in total. The van der Waals surface area contributed by atoms with Gasteiger partial charge in [-0.05, 0) is 37.1 Å². The Bertz CT molecular complexity index is 576. The van der Waals surface area contributed by atoms with Crippen LogP contribution in [0.15, 0.2) is 60.7 Å². The van der Waals surface area contributed by atoms with Crippen molar-refractivity contribution in [3.63, 3.8) is 0 Å². The molecule has 144 valence electrons. The molecule has 0 amide bonds. The molecule has 2 aromatic carbocycles. The second kappa shape index (κ2) is 16.4. The summed E-state index contributed by atoms with van der Waals surface area (Å²) in [7, 11) is 0. The zero-order valence-electron chi connectivity index (χ0n) is 15.6. The van der Waals surface area contributed by atoms with Crippen molar-refractivity contribution in [3.8, 4) is 0 Å². The van der Waals surface area contributed by atoms with E-state index in [1.165, 1.54) is 0 Å². The topological polar surface area (TPSA) is 71.1 Å². The van der Waals surface area contributed by atoms with Gasteiger partial charge in [0, 0.05) is 26.2 Å². The Morgan fingerprint density at radius 1 is 0.667 bits per heavy atom. The number of hydrogen-bond donors (Lipinski definition) is 0. The maximum absolute atomic E-state index is 11.2. The van der Waals surface area contributed by atoms with E-state index in [2.05, 4.69) is 19.6 Å². The minimum absolute atomic E-state index is 0. The van der Waals surface area contributed by atoms with Crippen molar-refractivity contribution < 1.29 is 55.3 Å². The Hall–Kier alpha value is -1.82. The van der Waals surface area contributed by atoms with Gasteiger partial charge in [0.25, 0.3) is 0 Å². The molecule has 0 aliphatic carbocycles. The van der Waals surface area contributed by atoms with Gasteiger partial charge >= 0.3 is 11.9 Å². The Kier molecular flexibility index (Phi) is 15.3. The number of hydrogen-bond acceptors (Lipinski definition) is 6. The summed E-state index contributed by atoms with van der Waals surface area (Å²) in [6.45, 7) is 4.74. The van der Waals surface area contributed by atoms with Crippen LogP contribution in [0.4, 0.5) is 0 Å². The van der Waals surface area contributed by atoms with Crippen molar-refractivity contribution in [1.82, 2.24) is 0 Å². The number of carbonyl (C=O) groups excluding carboxylic acids is 2. The fraction of sp³-hybridized carbons (Fsp3) is 0.300. The van der Waals surface area contributed by atoms with Crippen LogP contribution < -0.4 is 0 Å². The second-order valence-electron chi connectivity index (χ2n) is 5.12. The van der Waals surface area contributed by atoms with E-state index in [0.717, 1.165) is 12.8 Å². The quantitative estimate of drug-likeness (QED) is 0.337. The standard InChI is InChI=1S/2C10H12O3.Zr/c2*1-2-8-12-13-10(11)9-6-4-3-5-7-9;/h2*3-7H,2,8H2,1H3;. The van der Waals surface area contributed by atoms with E-state index in [4.69, 9.17) is 0 Å². The predicted octanol–water partition coefficient (Wildman–Crippen LogP) is 4.37. The fourth-order valence-corrected chi connectivity index (χ4v) is 1.60. The summed E-state index contributed by atoms with van der Waals surface area (Å²) in [6, 6.07) is 17.5. The predicted molar refractivity (Wildman–Crippen MR) is 96.2 cm³/mol. The molecule has 0 spiro atoms. The molecule has 2 rings (SSSR count). The summed E-state index contributed by atoms with van der Waals surface area (Å²) in [5.41, 5.74) is 0.997. The molecule has 0 aliphatic heterocycles. The van der Waals surface area contributed by atoms with Gasteiger partial charge in [-0.15, -0.1) is 0 Å². The average Bonchev–Trinajstić information content (AvgIpc) is 2.70. The molecule has 2 aromatic rings. The molecule has 0 aromatic heterocycles. The van der Waals surface area contributed by atoms with Gasteiger partial charge in [0.05, 0.1) is 24.3 Å². The summed E-state index contributed by atoms with van der Waals surface area (Å²) >= 11 is 0. The Balaban J connectivity index is 0.000000483. The van der Waals surface area contributed by atoms with Crippen molar-refractivity contribution in [3.05, 3.63) is 71.8 Å². The minimum atomic E-state index is -0.450. The van der Waals surface area contributed by atoms with Crippen LogP contribution in [0, 0.1) is 0 Å². The molecule has 0 radical (unpaired) electrons. The molecular formula is C20H24O6Zr. The van der Waals surface area contributed by atoms with Gasteiger partial charge < -0.3 is 0 Å². The summed E-state index contributed by atoms with van der Waals surface area (Å²) in [6.07, 6.45) is 1.64. The molecule has 0 atom stereocenters. The minimum Gasteiger partial charge on any atom is -0.293 e. The Morgan fingerprint density at radius 3 is 1.30 bits per heavy atom. The molecule has 0 fully saturated rings. The van der Waals surface area contributed by atoms with Crippen molar-refractivity contribution >= 4 is 11.9 Å². The van der Waals surface area contributed by atoms with Gasteiger partial charge in [-0.3, -0.25) is 9.78 Å². The van der Waals surface area contributed by atoms with Crippen molar-refractivity contribution in [2.45, 2.75) is 26.7 Å². The molecular weight excluding hydrogens is 427 g/mol. The fourth-order valence-electron chi connectivity index (χ4n) is 1.60. The van der Waals surface area contributed by atoms with Crippen LogP contribution in [0.3, 0.4) is 0 Å². The molecule has 0 heterocycles. The SMILES string of the molecule is CCCOOC(=O)c1ccccc1.CCCOOC(=O)c1ccccc1.[Zr]. The zero-order valence-corrected chi connectivity index (χ0v) is 18.0. The third-order valence-electron chi connectivity index (χ3n) is 2.86. The number of carbonyl (C=O) groups is 2. The summed E-state index contributed by atoms with van der Waals surface area (Å²) in [5, 5.41) is 0. The second-order valence-corrected chi connectivity index (χ2v) is 5.12. The van der Waals surface area contributed by atoms with Gasteiger partial charge in [0.15, 0.2) is 0 Å². The summed E-state index contributed by atoms with van der Waals surface area (Å²) in [4.78, 5) is 40.7. The van der Waals surface area contributed by atoms with Gasteiger partial charge in [-0.25, -0.2) is 9.59 Å². The van der Waals surface area contributed by atoms with E-state index < -0.39 is 11.9 Å². The van der Waals surface area contributed by atoms with Gasteiger partial charge in [0.2, 0.25) is 0 Å². The maximum atomic E-state index is 11.2. The first-order valence-corrected chi connectivity index (χ1v) is 8.46.